The van der Waals surface area contributed by atoms with Gasteiger partial charge in [0.05, 0.1) is 19.5 Å². The van der Waals surface area contributed by atoms with Gasteiger partial charge in [0.25, 0.3) is 11.9 Å². The molecule has 0 saturated carbocycles. The fourth-order valence-corrected chi connectivity index (χ4v) is 2.49. The molecule has 0 atom stereocenters. The van der Waals surface area contributed by atoms with Gasteiger partial charge in [-0.3, -0.25) is 9.37 Å². The van der Waals surface area contributed by atoms with Crippen molar-refractivity contribution >= 4 is 27.9 Å². The van der Waals surface area contributed by atoms with Crippen molar-refractivity contribution in [2.24, 2.45) is 0 Å². The van der Waals surface area contributed by atoms with Crippen molar-refractivity contribution in [3.05, 3.63) is 27.1 Å². The van der Waals surface area contributed by atoms with E-state index in [2.05, 4.69) is 10.4 Å². The Morgan fingerprint density at radius 3 is 2.82 bits per heavy atom. The highest BCUT2D eigenvalue weighted by Gasteiger charge is 2.12. The molecule has 0 amide bonds. The maximum atomic E-state index is 12.2. The summed E-state index contributed by atoms with van der Waals surface area (Å²) in [5.41, 5.74) is 3.85. The van der Waals surface area contributed by atoms with E-state index in [-0.39, 0.29) is 5.56 Å². The van der Waals surface area contributed by atoms with E-state index in [0.29, 0.717) is 5.39 Å². The third-order valence-corrected chi connectivity index (χ3v) is 3.66. The van der Waals surface area contributed by atoms with E-state index in [4.69, 9.17) is 0 Å². The fourth-order valence-electron chi connectivity index (χ4n) is 1.50. The fraction of sp³-hybridized carbons (Fsp3) is 0.364. The summed E-state index contributed by atoms with van der Waals surface area (Å²) in [6.07, 6.45) is 3.21. The SMILES string of the molecule is Cc1sc2ncn(NC=[N+](C)C)c(=O)c2c1C. The molecule has 0 aromatic carbocycles. The van der Waals surface area contributed by atoms with Gasteiger partial charge in [-0.2, -0.15) is 5.43 Å². The molecule has 0 unspecified atom stereocenters. The smallest absolute Gasteiger partial charge is 0.272 e. The molecule has 0 saturated heterocycles. The monoisotopic (exact) mass is 251 g/mol. The minimum Gasteiger partial charge on any atom is -0.272 e. The molecular weight excluding hydrogens is 236 g/mol. The largest absolute Gasteiger partial charge is 0.297 e. The lowest BCUT2D eigenvalue weighted by Gasteiger charge is -1.99. The van der Waals surface area contributed by atoms with Crippen molar-refractivity contribution in [1.82, 2.24) is 9.66 Å². The lowest BCUT2D eigenvalue weighted by atomic mass is 10.2. The molecule has 90 valence electrons. The van der Waals surface area contributed by atoms with Crippen molar-refractivity contribution in [1.29, 1.82) is 0 Å². The first-order valence-corrected chi connectivity index (χ1v) is 6.06. The Hall–Kier alpha value is -1.69. The predicted molar refractivity (Wildman–Crippen MR) is 70.9 cm³/mol. The van der Waals surface area contributed by atoms with Gasteiger partial charge in [0.15, 0.2) is 0 Å². The summed E-state index contributed by atoms with van der Waals surface area (Å²) in [5.74, 6) is 0. The second kappa shape index (κ2) is 4.29. The zero-order chi connectivity index (χ0) is 12.6. The molecular formula is C11H15N4OS+. The van der Waals surface area contributed by atoms with Crippen LogP contribution in [0.4, 0.5) is 0 Å². The average molecular weight is 251 g/mol. The Morgan fingerprint density at radius 2 is 2.18 bits per heavy atom. The summed E-state index contributed by atoms with van der Waals surface area (Å²) in [7, 11) is 3.76. The Kier molecular flexibility index (Phi) is 2.97. The van der Waals surface area contributed by atoms with Crippen LogP contribution in [0.15, 0.2) is 11.1 Å². The van der Waals surface area contributed by atoms with E-state index < -0.39 is 0 Å². The lowest BCUT2D eigenvalue weighted by molar-refractivity contribution is -0.459. The molecule has 2 aromatic rings. The number of fused-ring (bicyclic) bond motifs is 1. The number of aryl methyl sites for hydroxylation is 2. The molecule has 2 heterocycles. The van der Waals surface area contributed by atoms with Crippen molar-refractivity contribution in [2.75, 3.05) is 19.5 Å². The number of thiophene rings is 1. The molecule has 5 nitrogen and oxygen atoms in total. The van der Waals surface area contributed by atoms with Gasteiger partial charge in [-0.05, 0) is 19.4 Å². The maximum absolute atomic E-state index is 12.2. The van der Waals surface area contributed by atoms with Crippen LogP contribution in [-0.4, -0.2) is 34.7 Å². The third-order valence-electron chi connectivity index (χ3n) is 2.54. The summed E-state index contributed by atoms with van der Waals surface area (Å²) in [4.78, 5) is 18.4. The second-order valence-corrected chi connectivity index (χ2v) is 5.31. The van der Waals surface area contributed by atoms with Crippen molar-refractivity contribution in [2.45, 2.75) is 13.8 Å². The van der Waals surface area contributed by atoms with Crippen LogP contribution >= 0.6 is 11.3 Å². The second-order valence-electron chi connectivity index (χ2n) is 4.10. The van der Waals surface area contributed by atoms with Crippen LogP contribution in [0.1, 0.15) is 10.4 Å². The van der Waals surface area contributed by atoms with E-state index in [9.17, 15) is 4.79 Å². The maximum Gasteiger partial charge on any atom is 0.297 e. The van der Waals surface area contributed by atoms with Gasteiger partial charge in [0, 0.05) is 4.88 Å². The number of nitrogens with zero attached hydrogens (tertiary/aromatic N) is 3. The summed E-state index contributed by atoms with van der Waals surface area (Å²) >= 11 is 1.55. The summed E-state index contributed by atoms with van der Waals surface area (Å²) < 4.78 is 3.21. The van der Waals surface area contributed by atoms with Crippen LogP contribution in [0.2, 0.25) is 0 Å². The summed E-state index contributed by atoms with van der Waals surface area (Å²) in [6, 6.07) is 0. The highest BCUT2D eigenvalue weighted by atomic mass is 32.1. The van der Waals surface area contributed by atoms with Crippen LogP contribution < -0.4 is 11.0 Å². The van der Waals surface area contributed by atoms with Gasteiger partial charge in [0.1, 0.15) is 11.2 Å². The minimum absolute atomic E-state index is 0.0602. The molecule has 0 aliphatic carbocycles. The molecule has 0 aliphatic heterocycles. The van der Waals surface area contributed by atoms with E-state index in [1.165, 1.54) is 11.0 Å². The Bertz CT molecular complexity index is 649. The molecule has 2 rings (SSSR count). The standard InChI is InChI=1S/C11H14N4OS/c1-7-8(2)17-10-9(7)11(16)15(5-12-10)13-6-14(3)4/h5-6H,1-4H3/p+1. The van der Waals surface area contributed by atoms with Crippen LogP contribution in [0.25, 0.3) is 10.2 Å². The molecule has 6 heteroatoms. The molecule has 17 heavy (non-hydrogen) atoms. The van der Waals surface area contributed by atoms with Crippen LogP contribution in [0.3, 0.4) is 0 Å². The minimum atomic E-state index is -0.0602. The Labute approximate surface area is 103 Å². The number of nitrogens with one attached hydrogen (secondary N) is 1. The van der Waals surface area contributed by atoms with Gasteiger partial charge in [0.2, 0.25) is 0 Å². The number of rotatable bonds is 2. The molecule has 0 radical (unpaired) electrons. The average Bonchev–Trinajstić information content (AvgIpc) is 2.54. The van der Waals surface area contributed by atoms with Crippen LogP contribution in [-0.2, 0) is 0 Å². The quantitative estimate of drug-likeness (QED) is 0.490. The van der Waals surface area contributed by atoms with Crippen LogP contribution in [0.5, 0.6) is 0 Å². The van der Waals surface area contributed by atoms with Gasteiger partial charge < -0.3 is 0 Å². The molecule has 0 bridgehead atoms. The zero-order valence-electron chi connectivity index (χ0n) is 10.3. The van der Waals surface area contributed by atoms with Crippen molar-refractivity contribution in [3.63, 3.8) is 0 Å². The highest BCUT2D eigenvalue weighted by Crippen LogP contribution is 2.25. The first-order valence-electron chi connectivity index (χ1n) is 5.24. The van der Waals surface area contributed by atoms with Gasteiger partial charge in [-0.25, -0.2) is 4.98 Å². The first kappa shape index (κ1) is 11.8. The lowest BCUT2D eigenvalue weighted by Crippen LogP contribution is -2.30. The van der Waals surface area contributed by atoms with Gasteiger partial charge >= 0.3 is 0 Å². The summed E-state index contributed by atoms with van der Waals surface area (Å²) in [6.45, 7) is 3.96. The van der Waals surface area contributed by atoms with E-state index >= 15 is 0 Å². The third kappa shape index (κ3) is 2.08. The Morgan fingerprint density at radius 1 is 1.47 bits per heavy atom. The Balaban J connectivity index is 2.61. The van der Waals surface area contributed by atoms with E-state index in [1.54, 1.807) is 17.7 Å². The summed E-state index contributed by atoms with van der Waals surface area (Å²) in [5, 5.41) is 0.703. The predicted octanol–water partition coefficient (Wildman–Crippen LogP) is 0.919. The highest BCUT2D eigenvalue weighted by molar-refractivity contribution is 7.18. The van der Waals surface area contributed by atoms with Gasteiger partial charge in [-0.1, -0.05) is 0 Å². The number of aromatic nitrogens is 2. The van der Waals surface area contributed by atoms with E-state index in [1.807, 2.05) is 32.5 Å². The molecule has 1 N–H and O–H groups in total. The van der Waals surface area contributed by atoms with Crippen LogP contribution in [0, 0.1) is 13.8 Å². The topological polar surface area (TPSA) is 49.9 Å². The molecule has 0 fully saturated rings. The molecule has 0 aliphatic rings. The van der Waals surface area contributed by atoms with Crippen molar-refractivity contribution < 1.29 is 4.58 Å². The number of hydrogen-bond acceptors (Lipinski definition) is 3. The normalized spacial score (nSPS) is 10.6. The number of hydrogen-bond donors (Lipinski definition) is 1. The zero-order valence-corrected chi connectivity index (χ0v) is 11.1. The van der Waals surface area contributed by atoms with E-state index in [0.717, 1.165) is 15.3 Å². The van der Waals surface area contributed by atoms with Crippen molar-refractivity contribution in [3.8, 4) is 0 Å². The molecule has 0 spiro atoms. The first-order chi connectivity index (χ1) is 8.00. The molecule has 2 aromatic heterocycles. The van der Waals surface area contributed by atoms with Gasteiger partial charge in [-0.15, -0.1) is 16.0 Å².